The van der Waals surface area contributed by atoms with Gasteiger partial charge in [0.1, 0.15) is 0 Å². The standard InChI is InChI=1S/C14H18ClNO/c15-14-4-2-1-3-10(14)9-16-11-5-6-12(16)8-13(17)7-11/h1-4,11-13,17H,5-9H2. The summed E-state index contributed by atoms with van der Waals surface area (Å²) in [6.45, 7) is 0.932. The Morgan fingerprint density at radius 1 is 1.18 bits per heavy atom. The molecule has 2 bridgehead atoms. The number of fused-ring (bicyclic) bond motifs is 2. The van der Waals surface area contributed by atoms with Crippen LogP contribution in [-0.4, -0.2) is 28.2 Å². The summed E-state index contributed by atoms with van der Waals surface area (Å²) in [5.74, 6) is 0. The molecular formula is C14H18ClNO. The molecule has 2 saturated heterocycles. The third-order valence-electron chi connectivity index (χ3n) is 4.17. The number of aliphatic hydroxyl groups excluding tert-OH is 1. The van der Waals surface area contributed by atoms with E-state index in [2.05, 4.69) is 11.0 Å². The molecule has 0 saturated carbocycles. The van der Waals surface area contributed by atoms with Crippen molar-refractivity contribution in [1.82, 2.24) is 4.90 Å². The van der Waals surface area contributed by atoms with E-state index in [1.807, 2.05) is 18.2 Å². The first-order chi connectivity index (χ1) is 8.24. The molecule has 0 aliphatic carbocycles. The number of hydrogen-bond donors (Lipinski definition) is 1. The van der Waals surface area contributed by atoms with Gasteiger partial charge in [-0.2, -0.15) is 0 Å². The fourth-order valence-electron chi connectivity index (χ4n) is 3.33. The van der Waals surface area contributed by atoms with Crippen molar-refractivity contribution in [2.75, 3.05) is 0 Å². The highest BCUT2D eigenvalue weighted by atomic mass is 35.5. The van der Waals surface area contributed by atoms with E-state index < -0.39 is 0 Å². The predicted octanol–water partition coefficient (Wildman–Crippen LogP) is 2.83. The van der Waals surface area contributed by atoms with E-state index in [0.29, 0.717) is 12.1 Å². The van der Waals surface area contributed by atoms with Crippen molar-refractivity contribution in [3.63, 3.8) is 0 Å². The van der Waals surface area contributed by atoms with Gasteiger partial charge in [0.15, 0.2) is 0 Å². The second-order valence-corrected chi connectivity index (χ2v) is 5.68. The first-order valence-electron chi connectivity index (χ1n) is 6.41. The molecule has 2 aliphatic rings. The molecule has 2 heterocycles. The second kappa shape index (κ2) is 4.60. The Morgan fingerprint density at radius 3 is 2.47 bits per heavy atom. The van der Waals surface area contributed by atoms with E-state index in [0.717, 1.165) is 24.4 Å². The molecule has 3 heteroatoms. The maximum atomic E-state index is 9.78. The summed E-state index contributed by atoms with van der Waals surface area (Å²) in [5, 5.41) is 10.6. The number of benzene rings is 1. The Labute approximate surface area is 107 Å². The van der Waals surface area contributed by atoms with Crippen LogP contribution < -0.4 is 0 Å². The summed E-state index contributed by atoms with van der Waals surface area (Å²) >= 11 is 6.21. The smallest absolute Gasteiger partial charge is 0.0570 e. The maximum absolute atomic E-state index is 9.78. The van der Waals surface area contributed by atoms with Crippen molar-refractivity contribution in [1.29, 1.82) is 0 Å². The molecule has 1 aromatic rings. The number of aliphatic hydroxyl groups is 1. The number of halogens is 1. The molecule has 2 atom stereocenters. The average molecular weight is 252 g/mol. The Balaban J connectivity index is 1.76. The van der Waals surface area contributed by atoms with Crippen LogP contribution in [0.3, 0.4) is 0 Å². The van der Waals surface area contributed by atoms with Crippen LogP contribution in [0.2, 0.25) is 5.02 Å². The van der Waals surface area contributed by atoms with Crippen LogP contribution in [0, 0.1) is 0 Å². The fraction of sp³-hybridized carbons (Fsp3) is 0.571. The molecule has 0 radical (unpaired) electrons. The molecule has 1 aromatic carbocycles. The molecule has 0 aromatic heterocycles. The number of hydrogen-bond acceptors (Lipinski definition) is 2. The molecule has 92 valence electrons. The van der Waals surface area contributed by atoms with E-state index in [-0.39, 0.29) is 6.10 Å². The maximum Gasteiger partial charge on any atom is 0.0570 e. The van der Waals surface area contributed by atoms with Crippen molar-refractivity contribution in [3.05, 3.63) is 34.9 Å². The summed E-state index contributed by atoms with van der Waals surface area (Å²) < 4.78 is 0. The first-order valence-corrected chi connectivity index (χ1v) is 6.79. The van der Waals surface area contributed by atoms with Crippen molar-refractivity contribution >= 4 is 11.6 Å². The van der Waals surface area contributed by atoms with Crippen molar-refractivity contribution < 1.29 is 5.11 Å². The normalized spacial score (nSPS) is 32.9. The van der Waals surface area contributed by atoms with E-state index in [9.17, 15) is 5.11 Å². The molecule has 17 heavy (non-hydrogen) atoms. The van der Waals surface area contributed by atoms with Gasteiger partial charge in [-0.05, 0) is 37.3 Å². The third kappa shape index (κ3) is 2.22. The highest BCUT2D eigenvalue weighted by Crippen LogP contribution is 2.37. The monoisotopic (exact) mass is 251 g/mol. The Hall–Kier alpha value is -0.570. The summed E-state index contributed by atoms with van der Waals surface area (Å²) in [6.07, 6.45) is 4.23. The Morgan fingerprint density at radius 2 is 1.82 bits per heavy atom. The average Bonchev–Trinajstić information content (AvgIpc) is 2.56. The Bertz CT molecular complexity index is 395. The van der Waals surface area contributed by atoms with Gasteiger partial charge < -0.3 is 5.11 Å². The van der Waals surface area contributed by atoms with Crippen molar-refractivity contribution in [3.8, 4) is 0 Å². The van der Waals surface area contributed by atoms with Gasteiger partial charge in [-0.3, -0.25) is 4.90 Å². The lowest BCUT2D eigenvalue weighted by atomic mass is 9.99. The lowest BCUT2D eigenvalue weighted by Crippen LogP contribution is -2.44. The van der Waals surface area contributed by atoms with Crippen LogP contribution in [0.5, 0.6) is 0 Å². The number of nitrogens with zero attached hydrogens (tertiary/aromatic N) is 1. The molecule has 1 N–H and O–H groups in total. The minimum Gasteiger partial charge on any atom is -0.393 e. The summed E-state index contributed by atoms with van der Waals surface area (Å²) in [6, 6.07) is 9.19. The van der Waals surface area contributed by atoms with E-state index in [4.69, 9.17) is 11.6 Å². The second-order valence-electron chi connectivity index (χ2n) is 5.27. The first kappa shape index (κ1) is 11.5. The van der Waals surface area contributed by atoms with Gasteiger partial charge in [0.05, 0.1) is 6.10 Å². The van der Waals surface area contributed by atoms with Crippen LogP contribution >= 0.6 is 11.6 Å². The van der Waals surface area contributed by atoms with Crippen LogP contribution in [-0.2, 0) is 6.54 Å². The largest absolute Gasteiger partial charge is 0.393 e. The van der Waals surface area contributed by atoms with E-state index >= 15 is 0 Å². The minimum atomic E-state index is -0.0880. The summed E-state index contributed by atoms with van der Waals surface area (Å²) in [5.41, 5.74) is 1.21. The number of piperidine rings is 1. The van der Waals surface area contributed by atoms with Crippen LogP contribution in [0.4, 0.5) is 0 Å². The quantitative estimate of drug-likeness (QED) is 0.874. The molecule has 0 spiro atoms. The predicted molar refractivity (Wildman–Crippen MR) is 69.0 cm³/mol. The Kier molecular flexibility index (Phi) is 3.12. The SMILES string of the molecule is OC1CC2CCC(C1)N2Cc1ccccc1Cl. The van der Waals surface area contributed by atoms with Crippen LogP contribution in [0.25, 0.3) is 0 Å². The molecule has 0 amide bonds. The molecule has 2 unspecified atom stereocenters. The summed E-state index contributed by atoms with van der Waals surface area (Å²) in [7, 11) is 0. The van der Waals surface area contributed by atoms with Gasteiger partial charge in [0.2, 0.25) is 0 Å². The van der Waals surface area contributed by atoms with E-state index in [1.165, 1.54) is 18.4 Å². The molecule has 2 nitrogen and oxygen atoms in total. The fourth-order valence-corrected chi connectivity index (χ4v) is 3.52. The zero-order valence-electron chi connectivity index (χ0n) is 9.85. The third-order valence-corrected chi connectivity index (χ3v) is 4.54. The van der Waals surface area contributed by atoms with Gasteiger partial charge in [-0.25, -0.2) is 0 Å². The molecule has 2 aliphatic heterocycles. The molecular weight excluding hydrogens is 234 g/mol. The number of rotatable bonds is 2. The zero-order chi connectivity index (χ0) is 11.8. The van der Waals surface area contributed by atoms with Gasteiger partial charge in [0, 0.05) is 23.7 Å². The van der Waals surface area contributed by atoms with Gasteiger partial charge >= 0.3 is 0 Å². The minimum absolute atomic E-state index is 0.0880. The summed E-state index contributed by atoms with van der Waals surface area (Å²) in [4.78, 5) is 2.54. The van der Waals surface area contributed by atoms with Gasteiger partial charge in [0.25, 0.3) is 0 Å². The zero-order valence-corrected chi connectivity index (χ0v) is 10.6. The topological polar surface area (TPSA) is 23.5 Å². The lowest BCUT2D eigenvalue weighted by molar-refractivity contribution is 0.0310. The van der Waals surface area contributed by atoms with Crippen LogP contribution in [0.1, 0.15) is 31.2 Å². The molecule has 3 rings (SSSR count). The van der Waals surface area contributed by atoms with Crippen LogP contribution in [0.15, 0.2) is 24.3 Å². The van der Waals surface area contributed by atoms with Gasteiger partial charge in [-0.15, -0.1) is 0 Å². The van der Waals surface area contributed by atoms with Crippen molar-refractivity contribution in [2.24, 2.45) is 0 Å². The molecule has 2 fully saturated rings. The van der Waals surface area contributed by atoms with Gasteiger partial charge in [-0.1, -0.05) is 29.8 Å². The highest BCUT2D eigenvalue weighted by molar-refractivity contribution is 6.31. The van der Waals surface area contributed by atoms with Crippen molar-refractivity contribution in [2.45, 2.75) is 50.4 Å². The van der Waals surface area contributed by atoms with E-state index in [1.54, 1.807) is 0 Å². The lowest BCUT2D eigenvalue weighted by Gasteiger charge is -2.37. The highest BCUT2D eigenvalue weighted by Gasteiger charge is 2.39.